The fourth-order valence-corrected chi connectivity index (χ4v) is 2.14. The van der Waals surface area contributed by atoms with E-state index in [0.717, 1.165) is 5.56 Å². The quantitative estimate of drug-likeness (QED) is 0.803. The van der Waals surface area contributed by atoms with Crippen molar-refractivity contribution in [3.8, 4) is 11.4 Å². The van der Waals surface area contributed by atoms with Crippen LogP contribution in [0.4, 0.5) is 0 Å². The Morgan fingerprint density at radius 1 is 1.14 bits per heavy atom. The molecule has 2 aromatic heterocycles. The van der Waals surface area contributed by atoms with Gasteiger partial charge in [-0.05, 0) is 23.8 Å². The van der Waals surface area contributed by atoms with Crippen molar-refractivity contribution < 1.29 is 4.52 Å². The second-order valence-electron chi connectivity index (χ2n) is 4.38. The van der Waals surface area contributed by atoms with Crippen LogP contribution in [0, 0.1) is 0 Å². The minimum Gasteiger partial charge on any atom is -0.339 e. The van der Waals surface area contributed by atoms with Gasteiger partial charge in [-0.25, -0.2) is 0 Å². The Balaban J connectivity index is 1.83. The van der Waals surface area contributed by atoms with Gasteiger partial charge in [0.15, 0.2) is 0 Å². The number of hydrogen-bond acceptors (Lipinski definition) is 4. The summed E-state index contributed by atoms with van der Waals surface area (Å²) in [6.07, 6.45) is 1.99. The Morgan fingerprint density at radius 3 is 2.71 bits per heavy atom. The Morgan fingerprint density at radius 2 is 2.00 bits per heavy atom. The number of rotatable bonds is 3. The van der Waals surface area contributed by atoms with E-state index in [-0.39, 0.29) is 5.56 Å². The summed E-state index contributed by atoms with van der Waals surface area (Å²) in [5.74, 6) is 0.871. The normalized spacial score (nSPS) is 10.8. The fraction of sp³-hybridized carbons (Fsp3) is 0.0714. The molecule has 0 fully saturated rings. The predicted octanol–water partition coefficient (Wildman–Crippen LogP) is 3.32. The summed E-state index contributed by atoms with van der Waals surface area (Å²) >= 11 is 11.8. The number of hydrogen-bond donors (Lipinski definition) is 1. The van der Waals surface area contributed by atoms with Gasteiger partial charge in [0.25, 0.3) is 0 Å². The minimum atomic E-state index is -0.182. The maximum Gasteiger partial charge on any atom is 0.247 e. The van der Waals surface area contributed by atoms with Gasteiger partial charge in [-0.15, -0.1) is 0 Å². The van der Waals surface area contributed by atoms with Crippen LogP contribution in [0.1, 0.15) is 11.5 Å². The Labute approximate surface area is 129 Å². The molecule has 1 aromatic carbocycles. The van der Waals surface area contributed by atoms with Gasteiger partial charge in [0, 0.05) is 17.8 Å². The van der Waals surface area contributed by atoms with Crippen molar-refractivity contribution in [1.29, 1.82) is 0 Å². The molecule has 0 aliphatic carbocycles. The SMILES string of the molecule is O=c1ccc(-c2noc(Cc3ccc(Cl)c(Cl)c3)n2)c[nH]1. The van der Waals surface area contributed by atoms with Gasteiger partial charge in [0.1, 0.15) is 0 Å². The lowest BCUT2D eigenvalue weighted by Gasteiger charge is -1.99. The van der Waals surface area contributed by atoms with Crippen molar-refractivity contribution in [2.45, 2.75) is 6.42 Å². The van der Waals surface area contributed by atoms with Crippen LogP contribution in [0.3, 0.4) is 0 Å². The second kappa shape index (κ2) is 5.71. The van der Waals surface area contributed by atoms with Crippen molar-refractivity contribution in [3.63, 3.8) is 0 Å². The lowest BCUT2D eigenvalue weighted by molar-refractivity contribution is 0.385. The lowest BCUT2D eigenvalue weighted by Crippen LogP contribution is -2.01. The summed E-state index contributed by atoms with van der Waals surface area (Å²) in [4.78, 5) is 17.9. The van der Waals surface area contributed by atoms with Crippen LogP contribution in [0.5, 0.6) is 0 Å². The molecule has 0 radical (unpaired) electrons. The molecule has 106 valence electrons. The summed E-state index contributed by atoms with van der Waals surface area (Å²) in [5, 5.41) is 4.87. The van der Waals surface area contributed by atoms with Crippen molar-refractivity contribution >= 4 is 23.2 Å². The van der Waals surface area contributed by atoms with Gasteiger partial charge < -0.3 is 9.51 Å². The Hall–Kier alpha value is -2.11. The molecule has 0 aliphatic heterocycles. The zero-order valence-electron chi connectivity index (χ0n) is 10.6. The molecule has 3 rings (SSSR count). The van der Waals surface area contributed by atoms with E-state index in [4.69, 9.17) is 27.7 Å². The number of nitrogens with zero attached hydrogens (tertiary/aromatic N) is 2. The largest absolute Gasteiger partial charge is 0.339 e. The van der Waals surface area contributed by atoms with E-state index >= 15 is 0 Å². The number of halogens is 2. The summed E-state index contributed by atoms with van der Waals surface area (Å²) in [6, 6.07) is 8.36. The van der Waals surface area contributed by atoms with Crippen molar-refractivity contribution in [2.75, 3.05) is 0 Å². The molecule has 5 nitrogen and oxygen atoms in total. The van der Waals surface area contributed by atoms with Crippen LogP contribution >= 0.6 is 23.2 Å². The van der Waals surface area contributed by atoms with Crippen LogP contribution in [0.2, 0.25) is 10.0 Å². The highest BCUT2D eigenvalue weighted by atomic mass is 35.5. The molecular weight excluding hydrogens is 313 g/mol. The highest BCUT2D eigenvalue weighted by Crippen LogP contribution is 2.24. The number of nitrogens with one attached hydrogen (secondary N) is 1. The van der Waals surface area contributed by atoms with E-state index in [1.165, 1.54) is 12.3 Å². The number of pyridine rings is 1. The molecule has 3 aromatic rings. The second-order valence-corrected chi connectivity index (χ2v) is 5.19. The smallest absolute Gasteiger partial charge is 0.247 e. The maximum absolute atomic E-state index is 11.0. The third-order valence-corrected chi connectivity index (χ3v) is 3.59. The minimum absolute atomic E-state index is 0.182. The number of H-pyrrole nitrogens is 1. The number of aromatic amines is 1. The monoisotopic (exact) mass is 321 g/mol. The molecule has 0 bridgehead atoms. The predicted molar refractivity (Wildman–Crippen MR) is 79.6 cm³/mol. The topological polar surface area (TPSA) is 71.8 Å². The zero-order chi connectivity index (χ0) is 14.8. The lowest BCUT2D eigenvalue weighted by atomic mass is 10.1. The molecule has 0 saturated carbocycles. The van der Waals surface area contributed by atoms with Crippen LogP contribution < -0.4 is 5.56 Å². The molecule has 0 unspecified atom stereocenters. The van der Waals surface area contributed by atoms with E-state index in [2.05, 4.69) is 15.1 Å². The molecule has 2 heterocycles. The van der Waals surface area contributed by atoms with Gasteiger partial charge in [0.05, 0.1) is 16.5 Å². The first-order valence-electron chi connectivity index (χ1n) is 6.07. The third kappa shape index (κ3) is 3.15. The first-order chi connectivity index (χ1) is 10.1. The molecule has 0 amide bonds. The Bertz CT molecular complexity index is 822. The first-order valence-corrected chi connectivity index (χ1v) is 6.83. The van der Waals surface area contributed by atoms with Gasteiger partial charge in [-0.1, -0.05) is 34.4 Å². The molecular formula is C14H9Cl2N3O2. The van der Waals surface area contributed by atoms with Crippen LogP contribution in [-0.2, 0) is 6.42 Å². The van der Waals surface area contributed by atoms with Crippen molar-refractivity contribution in [1.82, 2.24) is 15.1 Å². The Kier molecular flexibility index (Phi) is 3.77. The average molecular weight is 322 g/mol. The van der Waals surface area contributed by atoms with Crippen LogP contribution in [0.15, 0.2) is 45.8 Å². The number of aromatic nitrogens is 3. The number of benzene rings is 1. The fourth-order valence-electron chi connectivity index (χ4n) is 1.82. The molecule has 7 heteroatoms. The zero-order valence-corrected chi connectivity index (χ0v) is 12.1. The highest BCUT2D eigenvalue weighted by molar-refractivity contribution is 6.42. The summed E-state index contributed by atoms with van der Waals surface area (Å²) in [6.45, 7) is 0. The van der Waals surface area contributed by atoms with Gasteiger partial charge in [-0.3, -0.25) is 4.79 Å². The third-order valence-electron chi connectivity index (χ3n) is 2.85. The van der Waals surface area contributed by atoms with Gasteiger partial charge in [0.2, 0.25) is 17.3 Å². The first kappa shape index (κ1) is 13.9. The summed E-state index contributed by atoms with van der Waals surface area (Å²) in [7, 11) is 0. The molecule has 1 N–H and O–H groups in total. The molecule has 0 spiro atoms. The van der Waals surface area contributed by atoms with E-state index in [9.17, 15) is 4.79 Å². The van der Waals surface area contributed by atoms with Crippen LogP contribution in [0.25, 0.3) is 11.4 Å². The highest BCUT2D eigenvalue weighted by Gasteiger charge is 2.10. The standard InChI is InChI=1S/C14H9Cl2N3O2/c15-10-3-1-8(5-11(10)16)6-13-18-14(19-21-13)9-2-4-12(20)17-7-9/h1-5,7H,6H2,(H,17,20). The van der Waals surface area contributed by atoms with E-state index < -0.39 is 0 Å². The van der Waals surface area contributed by atoms with Crippen LogP contribution in [-0.4, -0.2) is 15.1 Å². The van der Waals surface area contributed by atoms with E-state index in [1.807, 2.05) is 6.07 Å². The summed E-state index contributed by atoms with van der Waals surface area (Å²) < 4.78 is 5.19. The molecule has 0 atom stereocenters. The van der Waals surface area contributed by atoms with Crippen molar-refractivity contribution in [2.24, 2.45) is 0 Å². The summed E-state index contributed by atoms with van der Waals surface area (Å²) in [5.41, 5.74) is 1.41. The van der Waals surface area contributed by atoms with E-state index in [1.54, 1.807) is 18.2 Å². The van der Waals surface area contributed by atoms with Gasteiger partial charge >= 0.3 is 0 Å². The maximum atomic E-state index is 11.0. The molecule has 21 heavy (non-hydrogen) atoms. The van der Waals surface area contributed by atoms with E-state index in [0.29, 0.717) is 33.7 Å². The molecule has 0 aliphatic rings. The molecule has 0 saturated heterocycles. The van der Waals surface area contributed by atoms with Gasteiger partial charge in [-0.2, -0.15) is 4.98 Å². The average Bonchev–Trinajstić information content (AvgIpc) is 2.92. The van der Waals surface area contributed by atoms with Crippen molar-refractivity contribution in [3.05, 3.63) is 68.4 Å².